The van der Waals surface area contributed by atoms with Gasteiger partial charge in [0.2, 0.25) is 12.2 Å². The summed E-state index contributed by atoms with van der Waals surface area (Å²) in [5.41, 5.74) is 0. The van der Waals surface area contributed by atoms with Gasteiger partial charge >= 0.3 is 5.95 Å². The second kappa shape index (κ2) is 4.43. The highest BCUT2D eigenvalue weighted by atomic mass is 16.6. The number of rotatable bonds is 4. The lowest BCUT2D eigenvalue weighted by Crippen LogP contribution is -2.18. The van der Waals surface area contributed by atoms with E-state index in [0.29, 0.717) is 5.88 Å². The van der Waals surface area contributed by atoms with Crippen LogP contribution in [0.1, 0.15) is 0 Å². The first-order valence-electron chi connectivity index (χ1n) is 4.52. The summed E-state index contributed by atoms with van der Waals surface area (Å²) in [7, 11) is 0. The van der Waals surface area contributed by atoms with Crippen LogP contribution in [-0.2, 0) is 11.3 Å². The van der Waals surface area contributed by atoms with Crippen molar-refractivity contribution in [3.05, 3.63) is 34.8 Å². The second-order valence-electron chi connectivity index (χ2n) is 3.02. The molecule has 0 aliphatic rings. The average molecular weight is 237 g/mol. The van der Waals surface area contributed by atoms with Gasteiger partial charge in [-0.3, -0.25) is 10.1 Å². The Hall–Kier alpha value is -2.71. The number of amides is 1. The number of anilines is 1. The number of carbonyl (C=O) groups is 1. The van der Waals surface area contributed by atoms with Crippen LogP contribution >= 0.6 is 0 Å². The van der Waals surface area contributed by atoms with Gasteiger partial charge in [0.1, 0.15) is 6.54 Å². The minimum atomic E-state index is -0.735. The number of hydrogen-bond acceptors (Lipinski definition) is 6. The average Bonchev–Trinajstić information content (AvgIpc) is 2.88. The molecule has 0 bridgehead atoms. The van der Waals surface area contributed by atoms with Gasteiger partial charge in [-0.15, -0.1) is 0 Å². The summed E-state index contributed by atoms with van der Waals surface area (Å²) in [5, 5.41) is 16.2. The van der Waals surface area contributed by atoms with Crippen molar-refractivity contribution >= 4 is 17.7 Å². The van der Waals surface area contributed by atoms with Crippen LogP contribution in [0.5, 0.6) is 0 Å². The summed E-state index contributed by atoms with van der Waals surface area (Å²) >= 11 is 0. The van der Waals surface area contributed by atoms with Crippen molar-refractivity contribution in [2.45, 2.75) is 6.54 Å². The van der Waals surface area contributed by atoms with Gasteiger partial charge < -0.3 is 14.5 Å². The Kier molecular flexibility index (Phi) is 2.81. The number of nitro groups is 1. The summed E-state index contributed by atoms with van der Waals surface area (Å²) in [6.07, 6.45) is 2.52. The molecule has 2 aromatic rings. The number of furan rings is 1. The first kappa shape index (κ1) is 10.8. The summed E-state index contributed by atoms with van der Waals surface area (Å²) in [6.45, 7) is -0.179. The summed E-state index contributed by atoms with van der Waals surface area (Å²) < 4.78 is 5.97. The topological polar surface area (TPSA) is 116 Å². The number of aromatic nitrogens is 3. The molecule has 2 heterocycles. The minimum absolute atomic E-state index is 0.179. The standard InChI is InChI=1S/C8H7N5O4/c14-6(10-7-2-1-3-17-7)4-12-5-9-8(11-12)13(15)16/h1-3,5H,4H2,(H,10,14). The smallest absolute Gasteiger partial charge is 0.449 e. The zero-order valence-corrected chi connectivity index (χ0v) is 8.44. The van der Waals surface area contributed by atoms with E-state index in [-0.39, 0.29) is 6.54 Å². The van der Waals surface area contributed by atoms with Gasteiger partial charge in [0.05, 0.1) is 6.26 Å². The maximum Gasteiger partial charge on any atom is 0.490 e. The first-order chi connectivity index (χ1) is 8.15. The summed E-state index contributed by atoms with van der Waals surface area (Å²) in [5.74, 6) is -0.667. The molecule has 0 saturated heterocycles. The maximum atomic E-state index is 11.4. The van der Waals surface area contributed by atoms with E-state index in [0.717, 1.165) is 11.0 Å². The van der Waals surface area contributed by atoms with E-state index in [9.17, 15) is 14.9 Å². The Morgan fingerprint density at radius 3 is 3.06 bits per heavy atom. The number of nitrogens with zero attached hydrogens (tertiary/aromatic N) is 4. The normalized spacial score (nSPS) is 10.1. The minimum Gasteiger partial charge on any atom is -0.449 e. The molecule has 0 aliphatic carbocycles. The molecular formula is C8H7N5O4. The van der Waals surface area contributed by atoms with Crippen molar-refractivity contribution in [1.82, 2.24) is 14.8 Å². The Balaban J connectivity index is 1.96. The fraction of sp³-hybridized carbons (Fsp3) is 0.125. The molecular weight excluding hydrogens is 230 g/mol. The lowest BCUT2D eigenvalue weighted by atomic mass is 10.5. The van der Waals surface area contributed by atoms with Crippen molar-refractivity contribution in [3.63, 3.8) is 0 Å². The highest BCUT2D eigenvalue weighted by molar-refractivity contribution is 5.89. The molecule has 9 nitrogen and oxygen atoms in total. The first-order valence-corrected chi connectivity index (χ1v) is 4.52. The van der Waals surface area contributed by atoms with Crippen molar-refractivity contribution in [2.24, 2.45) is 0 Å². The van der Waals surface area contributed by atoms with Crippen molar-refractivity contribution in [2.75, 3.05) is 5.32 Å². The Morgan fingerprint density at radius 2 is 2.47 bits per heavy atom. The molecule has 0 aliphatic heterocycles. The van der Waals surface area contributed by atoms with Crippen LogP contribution in [0.4, 0.5) is 11.8 Å². The van der Waals surface area contributed by atoms with Gasteiger partial charge in [0.15, 0.2) is 5.88 Å². The maximum absolute atomic E-state index is 11.4. The molecule has 2 aromatic heterocycles. The molecule has 0 saturated carbocycles. The van der Waals surface area contributed by atoms with E-state index in [1.807, 2.05) is 0 Å². The van der Waals surface area contributed by atoms with Gasteiger partial charge in [-0.25, -0.2) is 0 Å². The van der Waals surface area contributed by atoms with Crippen molar-refractivity contribution in [3.8, 4) is 0 Å². The predicted octanol–water partition coefficient (Wildman–Crippen LogP) is 0.418. The van der Waals surface area contributed by atoms with Crippen LogP contribution in [0.3, 0.4) is 0 Å². The van der Waals surface area contributed by atoms with E-state index < -0.39 is 16.8 Å². The molecule has 0 aromatic carbocycles. The van der Waals surface area contributed by atoms with Gasteiger partial charge in [0.25, 0.3) is 0 Å². The van der Waals surface area contributed by atoms with E-state index >= 15 is 0 Å². The fourth-order valence-corrected chi connectivity index (χ4v) is 1.12. The highest BCUT2D eigenvalue weighted by Gasteiger charge is 2.15. The molecule has 2 rings (SSSR count). The van der Waals surface area contributed by atoms with Crippen LogP contribution in [-0.4, -0.2) is 25.6 Å². The highest BCUT2D eigenvalue weighted by Crippen LogP contribution is 2.06. The van der Waals surface area contributed by atoms with Crippen LogP contribution in [0.15, 0.2) is 29.1 Å². The number of nitrogens with one attached hydrogen (secondary N) is 1. The molecule has 1 N–H and O–H groups in total. The van der Waals surface area contributed by atoms with Crippen LogP contribution in [0, 0.1) is 10.1 Å². The van der Waals surface area contributed by atoms with Crippen molar-refractivity contribution in [1.29, 1.82) is 0 Å². The fourth-order valence-electron chi connectivity index (χ4n) is 1.12. The predicted molar refractivity (Wildman–Crippen MR) is 54.0 cm³/mol. The zero-order valence-electron chi connectivity index (χ0n) is 8.44. The molecule has 17 heavy (non-hydrogen) atoms. The van der Waals surface area contributed by atoms with Gasteiger partial charge in [-0.2, -0.15) is 4.68 Å². The van der Waals surface area contributed by atoms with Gasteiger partial charge in [-0.05, 0) is 11.0 Å². The lowest BCUT2D eigenvalue weighted by molar-refractivity contribution is -0.394. The zero-order chi connectivity index (χ0) is 12.3. The van der Waals surface area contributed by atoms with Crippen LogP contribution < -0.4 is 5.32 Å². The van der Waals surface area contributed by atoms with Crippen LogP contribution in [0.25, 0.3) is 0 Å². The SMILES string of the molecule is O=C(Cn1cnc([N+](=O)[O-])n1)Nc1ccco1. The van der Waals surface area contributed by atoms with E-state index in [4.69, 9.17) is 4.42 Å². The second-order valence-corrected chi connectivity index (χ2v) is 3.02. The summed E-state index contributed by atoms with van der Waals surface area (Å²) in [6, 6.07) is 3.19. The monoisotopic (exact) mass is 237 g/mol. The Morgan fingerprint density at radius 1 is 1.65 bits per heavy atom. The van der Waals surface area contributed by atoms with Crippen molar-refractivity contribution < 1.29 is 14.1 Å². The lowest BCUT2D eigenvalue weighted by Gasteiger charge is -1.98. The molecule has 9 heteroatoms. The van der Waals surface area contributed by atoms with E-state index in [1.165, 1.54) is 6.26 Å². The van der Waals surface area contributed by atoms with Gasteiger partial charge in [-0.1, -0.05) is 4.98 Å². The molecule has 0 atom stereocenters. The summed E-state index contributed by atoms with van der Waals surface area (Å²) in [4.78, 5) is 24.4. The number of hydrogen-bond donors (Lipinski definition) is 1. The number of carbonyl (C=O) groups excluding carboxylic acids is 1. The van der Waals surface area contributed by atoms with E-state index in [1.54, 1.807) is 12.1 Å². The molecule has 0 spiro atoms. The molecule has 1 amide bonds. The third-order valence-corrected chi connectivity index (χ3v) is 1.78. The largest absolute Gasteiger partial charge is 0.490 e. The molecule has 88 valence electrons. The van der Waals surface area contributed by atoms with Crippen LogP contribution in [0.2, 0.25) is 0 Å². The quantitative estimate of drug-likeness (QED) is 0.608. The third kappa shape index (κ3) is 2.65. The third-order valence-electron chi connectivity index (χ3n) is 1.78. The van der Waals surface area contributed by atoms with Gasteiger partial charge in [0, 0.05) is 11.2 Å². The molecule has 0 fully saturated rings. The molecule has 0 radical (unpaired) electrons. The molecule has 0 unspecified atom stereocenters. The van der Waals surface area contributed by atoms with E-state index in [2.05, 4.69) is 15.4 Å². The Bertz CT molecular complexity index is 532. The Labute approximate surface area is 94.2 Å².